The third-order valence-electron chi connectivity index (χ3n) is 1.79. The van der Waals surface area contributed by atoms with E-state index in [4.69, 9.17) is 16.3 Å². The molecule has 3 nitrogen and oxygen atoms in total. The fourth-order valence-corrected chi connectivity index (χ4v) is 1.24. The molecule has 0 aliphatic carbocycles. The normalized spacial score (nSPS) is 10.3. The van der Waals surface area contributed by atoms with Crippen molar-refractivity contribution < 1.29 is 14.3 Å². The van der Waals surface area contributed by atoms with Gasteiger partial charge in [-0.1, -0.05) is 11.6 Å². The molecule has 0 fully saturated rings. The molecule has 0 spiro atoms. The average Bonchev–Trinajstić information content (AvgIpc) is 2.26. The number of benzene rings is 1. The molecule has 0 unspecified atom stereocenters. The van der Waals surface area contributed by atoms with Crippen molar-refractivity contribution in [1.29, 1.82) is 0 Å². The Morgan fingerprint density at radius 3 is 2.73 bits per heavy atom. The number of rotatable bonds is 3. The van der Waals surface area contributed by atoms with E-state index in [-0.39, 0.29) is 0 Å². The van der Waals surface area contributed by atoms with Gasteiger partial charge in [-0.05, 0) is 24.3 Å². The molecule has 0 aliphatic heterocycles. The van der Waals surface area contributed by atoms with Gasteiger partial charge in [-0.3, -0.25) is 0 Å². The number of ether oxygens (including phenoxy) is 2. The Labute approximate surface area is 93.3 Å². The molecule has 0 saturated carbocycles. The summed E-state index contributed by atoms with van der Waals surface area (Å²) in [7, 11) is 2.88. The second-order valence-corrected chi connectivity index (χ2v) is 3.18. The molecule has 0 N–H and O–H groups in total. The van der Waals surface area contributed by atoms with Crippen LogP contribution >= 0.6 is 11.6 Å². The summed E-state index contributed by atoms with van der Waals surface area (Å²) in [5.41, 5.74) is 0.732. The van der Waals surface area contributed by atoms with Gasteiger partial charge in [0.05, 0.1) is 14.2 Å². The molecule has 0 amide bonds. The van der Waals surface area contributed by atoms with Gasteiger partial charge in [0, 0.05) is 16.7 Å². The molecule has 0 aliphatic rings. The maximum absolute atomic E-state index is 10.9. The minimum absolute atomic E-state index is 0.419. The van der Waals surface area contributed by atoms with Crippen LogP contribution in [0.2, 0.25) is 5.02 Å². The molecule has 0 atom stereocenters. The van der Waals surface area contributed by atoms with Crippen molar-refractivity contribution >= 4 is 23.6 Å². The number of hydrogen-bond donors (Lipinski definition) is 0. The SMILES string of the molecule is COC(=O)/C=C/c1cc(Cl)ccc1OC. The third-order valence-corrected chi connectivity index (χ3v) is 2.03. The summed E-state index contributed by atoms with van der Waals surface area (Å²) >= 11 is 5.82. The van der Waals surface area contributed by atoms with Gasteiger partial charge < -0.3 is 9.47 Å². The van der Waals surface area contributed by atoms with E-state index >= 15 is 0 Å². The largest absolute Gasteiger partial charge is 0.496 e. The molecule has 0 heterocycles. The summed E-state index contributed by atoms with van der Waals surface area (Å²) in [6.07, 6.45) is 2.91. The van der Waals surface area contributed by atoms with Gasteiger partial charge in [0.1, 0.15) is 5.75 Å². The third kappa shape index (κ3) is 3.29. The Morgan fingerprint density at radius 1 is 1.40 bits per heavy atom. The fraction of sp³-hybridized carbons (Fsp3) is 0.182. The van der Waals surface area contributed by atoms with Crippen molar-refractivity contribution in [2.24, 2.45) is 0 Å². The maximum atomic E-state index is 10.9. The molecule has 4 heteroatoms. The van der Waals surface area contributed by atoms with Crippen LogP contribution in [0.1, 0.15) is 5.56 Å². The summed E-state index contributed by atoms with van der Waals surface area (Å²) in [5, 5.41) is 0.584. The molecule has 1 aromatic carbocycles. The lowest BCUT2D eigenvalue weighted by Gasteiger charge is -2.04. The lowest BCUT2D eigenvalue weighted by molar-refractivity contribution is -0.134. The zero-order valence-electron chi connectivity index (χ0n) is 8.49. The van der Waals surface area contributed by atoms with Gasteiger partial charge in [-0.2, -0.15) is 0 Å². The van der Waals surface area contributed by atoms with E-state index in [1.165, 1.54) is 13.2 Å². The minimum atomic E-state index is -0.419. The maximum Gasteiger partial charge on any atom is 0.330 e. The Hall–Kier alpha value is -1.48. The van der Waals surface area contributed by atoms with Crippen LogP contribution in [0.25, 0.3) is 6.08 Å². The first-order valence-electron chi connectivity index (χ1n) is 4.27. The smallest absolute Gasteiger partial charge is 0.330 e. The number of hydrogen-bond acceptors (Lipinski definition) is 3. The first kappa shape index (κ1) is 11.6. The highest BCUT2D eigenvalue weighted by molar-refractivity contribution is 6.30. The Morgan fingerprint density at radius 2 is 2.13 bits per heavy atom. The Bertz CT molecular complexity index is 385. The summed E-state index contributed by atoms with van der Waals surface area (Å²) in [5.74, 6) is 0.233. The van der Waals surface area contributed by atoms with E-state index in [1.807, 2.05) is 0 Å². The van der Waals surface area contributed by atoms with Crippen LogP contribution in [0.3, 0.4) is 0 Å². The van der Waals surface area contributed by atoms with Crippen molar-refractivity contribution in [2.45, 2.75) is 0 Å². The van der Waals surface area contributed by atoms with Gasteiger partial charge in [0.25, 0.3) is 0 Å². The zero-order chi connectivity index (χ0) is 11.3. The number of esters is 1. The number of methoxy groups -OCH3 is 2. The fourth-order valence-electron chi connectivity index (χ4n) is 1.06. The number of carbonyl (C=O) groups excluding carboxylic acids is 1. The molecular weight excluding hydrogens is 216 g/mol. The molecule has 15 heavy (non-hydrogen) atoms. The zero-order valence-corrected chi connectivity index (χ0v) is 9.25. The van der Waals surface area contributed by atoms with Gasteiger partial charge in [0.15, 0.2) is 0 Å². The van der Waals surface area contributed by atoms with Crippen LogP contribution in [0.5, 0.6) is 5.75 Å². The van der Waals surface area contributed by atoms with Crippen LogP contribution in [-0.4, -0.2) is 20.2 Å². The van der Waals surface area contributed by atoms with Crippen LogP contribution in [-0.2, 0) is 9.53 Å². The predicted molar refractivity (Wildman–Crippen MR) is 59.1 cm³/mol. The highest BCUT2D eigenvalue weighted by atomic mass is 35.5. The van der Waals surface area contributed by atoms with E-state index in [0.29, 0.717) is 10.8 Å². The van der Waals surface area contributed by atoms with Crippen LogP contribution in [0.15, 0.2) is 24.3 Å². The van der Waals surface area contributed by atoms with Gasteiger partial charge in [-0.15, -0.1) is 0 Å². The van der Waals surface area contributed by atoms with E-state index in [9.17, 15) is 4.79 Å². The standard InChI is InChI=1S/C11H11ClO3/c1-14-10-5-4-9(12)7-8(10)3-6-11(13)15-2/h3-7H,1-2H3/b6-3+. The van der Waals surface area contributed by atoms with E-state index in [2.05, 4.69) is 4.74 Å². The molecule has 80 valence electrons. The first-order chi connectivity index (χ1) is 7.17. The highest BCUT2D eigenvalue weighted by Crippen LogP contribution is 2.23. The summed E-state index contributed by atoms with van der Waals surface area (Å²) < 4.78 is 9.58. The summed E-state index contributed by atoms with van der Waals surface area (Å²) in [6.45, 7) is 0. The highest BCUT2D eigenvalue weighted by Gasteiger charge is 2.01. The first-order valence-corrected chi connectivity index (χ1v) is 4.64. The van der Waals surface area contributed by atoms with Crippen molar-refractivity contribution in [2.75, 3.05) is 14.2 Å². The quantitative estimate of drug-likeness (QED) is 0.587. The van der Waals surface area contributed by atoms with Crippen molar-refractivity contribution in [3.63, 3.8) is 0 Å². The summed E-state index contributed by atoms with van der Waals surface area (Å²) in [6, 6.07) is 5.16. The minimum Gasteiger partial charge on any atom is -0.496 e. The predicted octanol–water partition coefficient (Wildman–Crippen LogP) is 2.53. The van der Waals surface area contributed by atoms with Gasteiger partial charge >= 0.3 is 5.97 Å². The van der Waals surface area contributed by atoms with Crippen LogP contribution < -0.4 is 4.74 Å². The molecule has 0 saturated heterocycles. The van der Waals surface area contributed by atoms with Crippen molar-refractivity contribution in [3.05, 3.63) is 34.9 Å². The lowest BCUT2D eigenvalue weighted by atomic mass is 10.2. The molecule has 0 bridgehead atoms. The van der Waals surface area contributed by atoms with E-state index in [1.54, 1.807) is 31.4 Å². The average molecular weight is 227 g/mol. The van der Waals surface area contributed by atoms with E-state index < -0.39 is 5.97 Å². The van der Waals surface area contributed by atoms with Crippen molar-refractivity contribution in [1.82, 2.24) is 0 Å². The molecule has 1 rings (SSSR count). The second-order valence-electron chi connectivity index (χ2n) is 2.74. The Kier molecular flexibility index (Phi) is 4.18. The van der Waals surface area contributed by atoms with Crippen LogP contribution in [0, 0.1) is 0 Å². The van der Waals surface area contributed by atoms with E-state index in [0.717, 1.165) is 5.56 Å². The molecular formula is C11H11ClO3. The Balaban J connectivity index is 2.96. The van der Waals surface area contributed by atoms with Gasteiger partial charge in [-0.25, -0.2) is 4.79 Å². The molecule has 0 radical (unpaired) electrons. The van der Waals surface area contributed by atoms with Crippen LogP contribution in [0.4, 0.5) is 0 Å². The second kappa shape index (κ2) is 5.41. The molecule has 0 aromatic heterocycles. The topological polar surface area (TPSA) is 35.5 Å². The van der Waals surface area contributed by atoms with Gasteiger partial charge in [0.2, 0.25) is 0 Å². The summed E-state index contributed by atoms with van der Waals surface area (Å²) in [4.78, 5) is 10.9. The monoisotopic (exact) mass is 226 g/mol. The van der Waals surface area contributed by atoms with Crippen molar-refractivity contribution in [3.8, 4) is 5.75 Å². The molecule has 1 aromatic rings. The number of carbonyl (C=O) groups is 1. The number of halogens is 1. The lowest BCUT2D eigenvalue weighted by Crippen LogP contribution is -1.94.